The van der Waals surface area contributed by atoms with Gasteiger partial charge in [0, 0.05) is 17.6 Å². The molecule has 1 atom stereocenters. The first-order chi connectivity index (χ1) is 15.5. The van der Waals surface area contributed by atoms with Crippen molar-refractivity contribution in [2.24, 2.45) is 10.4 Å². The molecule has 0 fully saturated rings. The number of hydrogen-bond donors (Lipinski definition) is 1. The van der Waals surface area contributed by atoms with Crippen molar-refractivity contribution in [2.45, 2.75) is 51.7 Å². The lowest BCUT2D eigenvalue weighted by atomic mass is 9.68. The van der Waals surface area contributed by atoms with E-state index in [9.17, 15) is 27.9 Å². The van der Waals surface area contributed by atoms with Crippen LogP contribution in [0.15, 0.2) is 59.1 Å². The number of benzene rings is 2. The molecule has 0 saturated heterocycles. The van der Waals surface area contributed by atoms with Crippen LogP contribution in [0.5, 0.6) is 0 Å². The number of nitrogens with zero attached hydrogens (tertiary/aromatic N) is 1. The van der Waals surface area contributed by atoms with Gasteiger partial charge in [-0.25, -0.2) is 4.79 Å². The highest BCUT2D eigenvalue weighted by molar-refractivity contribution is 6.54. The Morgan fingerprint density at radius 3 is 2.30 bits per heavy atom. The van der Waals surface area contributed by atoms with Crippen LogP contribution in [0.1, 0.15) is 55.4 Å². The smallest absolute Gasteiger partial charge is 0.416 e. The molecule has 0 amide bonds. The zero-order valence-electron chi connectivity index (χ0n) is 18.4. The van der Waals surface area contributed by atoms with Gasteiger partial charge in [0.2, 0.25) is 5.78 Å². The minimum atomic E-state index is -4.47. The monoisotopic (exact) mass is 455 g/mol. The highest BCUT2D eigenvalue weighted by Gasteiger charge is 2.38. The van der Waals surface area contributed by atoms with E-state index >= 15 is 0 Å². The van der Waals surface area contributed by atoms with Crippen molar-refractivity contribution in [2.75, 3.05) is 0 Å². The number of carbonyl (C=O) groups excluding carboxylic acids is 1. The van der Waals surface area contributed by atoms with Gasteiger partial charge in [-0.2, -0.15) is 13.2 Å². The molecule has 1 N–H and O–H groups in total. The third-order valence-electron chi connectivity index (χ3n) is 6.35. The summed E-state index contributed by atoms with van der Waals surface area (Å²) in [5.74, 6) is -1.49. The standard InChI is InChI=1S/C26H24F3NO3/c1-25(2)12-11-19-20(14-25)17-5-3-4-6-18(17)22(23(19)31)30-21(24(32)33)13-15-7-9-16(10-8-15)26(27,28)29/h3-10,21H,11-14H2,1-2H3,(H,32,33)/b30-22-/t21-/m0/s1. The fraction of sp³-hybridized carbons (Fsp3) is 0.346. The Labute approximate surface area is 189 Å². The molecular weight excluding hydrogens is 431 g/mol. The molecule has 2 aromatic carbocycles. The summed E-state index contributed by atoms with van der Waals surface area (Å²) in [6.07, 6.45) is -2.38. The number of fused-ring (bicyclic) bond motifs is 2. The number of ketones is 1. The highest BCUT2D eigenvalue weighted by atomic mass is 19.4. The third-order valence-corrected chi connectivity index (χ3v) is 6.35. The molecule has 0 aliphatic heterocycles. The van der Waals surface area contributed by atoms with E-state index in [0.717, 1.165) is 36.1 Å². The lowest BCUT2D eigenvalue weighted by Crippen LogP contribution is -2.32. The Balaban J connectivity index is 1.71. The van der Waals surface area contributed by atoms with Gasteiger partial charge in [-0.3, -0.25) is 9.79 Å². The Kier molecular flexibility index (Phi) is 5.76. The van der Waals surface area contributed by atoms with Crippen molar-refractivity contribution in [1.29, 1.82) is 0 Å². The van der Waals surface area contributed by atoms with Gasteiger partial charge < -0.3 is 5.11 Å². The Bertz CT molecular complexity index is 1170. The molecule has 0 unspecified atom stereocenters. The predicted octanol–water partition coefficient (Wildman–Crippen LogP) is 5.74. The Hall–Kier alpha value is -3.22. The topological polar surface area (TPSA) is 66.7 Å². The van der Waals surface area contributed by atoms with Crippen LogP contribution < -0.4 is 0 Å². The average molecular weight is 455 g/mol. The average Bonchev–Trinajstić information content (AvgIpc) is 2.74. The maximum absolute atomic E-state index is 13.4. The molecule has 0 aromatic heterocycles. The van der Waals surface area contributed by atoms with Crippen LogP contribution in [0, 0.1) is 5.41 Å². The second-order valence-electron chi connectivity index (χ2n) is 9.40. The molecule has 172 valence electrons. The molecule has 7 heteroatoms. The number of Topliss-reactive ketones (excluding diaryl/α,β-unsaturated/α-hetero) is 1. The quantitative estimate of drug-likeness (QED) is 0.640. The first-order valence-corrected chi connectivity index (χ1v) is 10.8. The molecule has 0 heterocycles. The van der Waals surface area contributed by atoms with E-state index in [1.807, 2.05) is 12.1 Å². The largest absolute Gasteiger partial charge is 0.480 e. The van der Waals surface area contributed by atoms with Crippen molar-refractivity contribution < 1.29 is 27.9 Å². The SMILES string of the molecule is CC1(C)CCC2=C(C1)c1ccccc1/C(=N/[C@@H](Cc1ccc(C(F)(F)F)cc1)C(=O)O)C2=O. The molecule has 0 radical (unpaired) electrons. The molecule has 4 nitrogen and oxygen atoms in total. The molecule has 4 rings (SSSR count). The molecule has 2 aliphatic carbocycles. The molecule has 0 saturated carbocycles. The normalized spacial score (nSPS) is 19.8. The van der Waals surface area contributed by atoms with E-state index in [4.69, 9.17) is 0 Å². The minimum absolute atomic E-state index is 0.0625. The van der Waals surface area contributed by atoms with Crippen molar-refractivity contribution in [3.63, 3.8) is 0 Å². The van der Waals surface area contributed by atoms with Crippen molar-refractivity contribution >= 4 is 23.0 Å². The van der Waals surface area contributed by atoms with E-state index in [0.29, 0.717) is 23.1 Å². The molecule has 2 aliphatic rings. The van der Waals surface area contributed by atoms with Crippen LogP contribution in [0.2, 0.25) is 0 Å². The van der Waals surface area contributed by atoms with Crippen LogP contribution in [-0.4, -0.2) is 28.6 Å². The summed E-state index contributed by atoms with van der Waals surface area (Å²) in [5.41, 5.74) is 2.97. The first kappa shape index (κ1) is 23.0. The highest BCUT2D eigenvalue weighted by Crippen LogP contribution is 2.46. The summed E-state index contributed by atoms with van der Waals surface area (Å²) < 4.78 is 38.5. The fourth-order valence-electron chi connectivity index (χ4n) is 4.54. The van der Waals surface area contributed by atoms with E-state index in [1.165, 1.54) is 12.1 Å². The predicted molar refractivity (Wildman–Crippen MR) is 119 cm³/mol. The van der Waals surface area contributed by atoms with E-state index in [1.54, 1.807) is 12.1 Å². The van der Waals surface area contributed by atoms with Crippen molar-refractivity contribution in [3.05, 3.63) is 76.4 Å². The molecular formula is C26H24F3NO3. The van der Waals surface area contributed by atoms with Gasteiger partial charge in [-0.05, 0) is 53.5 Å². The zero-order chi connectivity index (χ0) is 24.0. The number of alkyl halides is 3. The van der Waals surface area contributed by atoms with Gasteiger partial charge in [-0.1, -0.05) is 50.2 Å². The van der Waals surface area contributed by atoms with Crippen LogP contribution >= 0.6 is 0 Å². The van der Waals surface area contributed by atoms with Gasteiger partial charge in [0.05, 0.1) is 5.56 Å². The number of rotatable bonds is 4. The molecule has 0 bridgehead atoms. The lowest BCUT2D eigenvalue weighted by molar-refractivity contribution is -0.139. The molecule has 2 aromatic rings. The number of carboxylic acid groups (broad SMARTS) is 1. The number of carboxylic acids is 1. The summed E-state index contributed by atoms with van der Waals surface area (Å²) in [6, 6.07) is 10.4. The van der Waals surface area contributed by atoms with E-state index < -0.39 is 23.8 Å². The lowest BCUT2D eigenvalue weighted by Gasteiger charge is -2.36. The van der Waals surface area contributed by atoms with Crippen molar-refractivity contribution in [1.82, 2.24) is 0 Å². The summed E-state index contributed by atoms with van der Waals surface area (Å²) in [5, 5.41) is 9.77. The minimum Gasteiger partial charge on any atom is -0.480 e. The van der Waals surface area contributed by atoms with Gasteiger partial charge in [-0.15, -0.1) is 0 Å². The van der Waals surface area contributed by atoms with Gasteiger partial charge >= 0.3 is 12.1 Å². The summed E-state index contributed by atoms with van der Waals surface area (Å²) in [6.45, 7) is 4.33. The first-order valence-electron chi connectivity index (χ1n) is 10.8. The number of halogens is 3. The number of carbonyl (C=O) groups is 2. The van der Waals surface area contributed by atoms with Crippen LogP contribution in [0.25, 0.3) is 5.57 Å². The number of allylic oxidation sites excluding steroid dienone is 2. The van der Waals surface area contributed by atoms with E-state index in [-0.39, 0.29) is 23.3 Å². The maximum atomic E-state index is 13.4. The van der Waals surface area contributed by atoms with Crippen LogP contribution in [0.4, 0.5) is 13.2 Å². The zero-order valence-corrected chi connectivity index (χ0v) is 18.4. The number of aliphatic imine (C=N–C) groups is 1. The van der Waals surface area contributed by atoms with Gasteiger partial charge in [0.15, 0.2) is 6.04 Å². The fourth-order valence-corrected chi connectivity index (χ4v) is 4.54. The van der Waals surface area contributed by atoms with Crippen LogP contribution in [0.3, 0.4) is 0 Å². The Morgan fingerprint density at radius 2 is 1.70 bits per heavy atom. The van der Waals surface area contributed by atoms with E-state index in [2.05, 4.69) is 18.8 Å². The van der Waals surface area contributed by atoms with Crippen LogP contribution in [-0.2, 0) is 22.2 Å². The molecule has 33 heavy (non-hydrogen) atoms. The number of hydrogen-bond acceptors (Lipinski definition) is 3. The van der Waals surface area contributed by atoms with Gasteiger partial charge in [0.25, 0.3) is 0 Å². The molecule has 0 spiro atoms. The third kappa shape index (κ3) is 4.63. The number of aliphatic carboxylic acids is 1. The second kappa shape index (κ2) is 8.28. The summed E-state index contributed by atoms with van der Waals surface area (Å²) in [4.78, 5) is 29.7. The second-order valence-corrected chi connectivity index (χ2v) is 9.40. The summed E-state index contributed by atoms with van der Waals surface area (Å²) in [7, 11) is 0. The van der Waals surface area contributed by atoms with Gasteiger partial charge in [0.1, 0.15) is 5.71 Å². The maximum Gasteiger partial charge on any atom is 0.416 e. The Morgan fingerprint density at radius 1 is 1.06 bits per heavy atom. The summed E-state index contributed by atoms with van der Waals surface area (Å²) >= 11 is 0. The van der Waals surface area contributed by atoms with Crippen molar-refractivity contribution in [3.8, 4) is 0 Å².